The van der Waals surface area contributed by atoms with Crippen LogP contribution in [-0.2, 0) is 0 Å². The summed E-state index contributed by atoms with van der Waals surface area (Å²) < 4.78 is 0. The van der Waals surface area contributed by atoms with Crippen molar-refractivity contribution in [2.45, 2.75) is 63.5 Å². The maximum atomic E-state index is 3.59. The fourth-order valence-electron chi connectivity index (χ4n) is 4.60. The van der Waals surface area contributed by atoms with Crippen molar-refractivity contribution in [1.29, 1.82) is 0 Å². The van der Waals surface area contributed by atoms with Crippen molar-refractivity contribution >= 4 is 0 Å². The lowest BCUT2D eigenvalue weighted by Gasteiger charge is -2.34. The second-order valence-electron chi connectivity index (χ2n) is 6.51. The van der Waals surface area contributed by atoms with Crippen LogP contribution in [0.3, 0.4) is 0 Å². The molecule has 4 atom stereocenters. The van der Waals surface area contributed by atoms with Crippen LogP contribution < -0.4 is 5.32 Å². The molecule has 1 N–H and O–H groups in total. The molecule has 4 unspecified atom stereocenters. The van der Waals surface area contributed by atoms with E-state index in [1.807, 2.05) is 0 Å². The zero-order valence-electron chi connectivity index (χ0n) is 11.3. The summed E-state index contributed by atoms with van der Waals surface area (Å²) in [5.41, 5.74) is 0. The minimum absolute atomic E-state index is 0.760. The van der Waals surface area contributed by atoms with Crippen LogP contribution in [0.15, 0.2) is 0 Å². The summed E-state index contributed by atoms with van der Waals surface area (Å²) in [6.45, 7) is 2.82. The van der Waals surface area contributed by atoms with E-state index < -0.39 is 0 Å². The molecule has 0 radical (unpaired) electrons. The Bertz CT molecular complexity index is 241. The lowest BCUT2D eigenvalue weighted by atomic mass is 10.0. The number of nitrogens with zero attached hydrogens (tertiary/aromatic N) is 1. The molecule has 2 heteroatoms. The number of fused-ring (bicyclic) bond motifs is 1. The van der Waals surface area contributed by atoms with Crippen LogP contribution in [0, 0.1) is 11.8 Å². The Morgan fingerprint density at radius 3 is 2.24 bits per heavy atom. The Morgan fingerprint density at radius 2 is 1.53 bits per heavy atom. The number of nitrogens with one attached hydrogen (secondary N) is 1. The fourth-order valence-corrected chi connectivity index (χ4v) is 4.60. The standard InChI is InChI=1S/C15H28N2/c1-16-14-8-3-2-4-9-15(14)17-10-12-6-5-7-13(12)11-17/h12-16H,2-11H2,1H3. The zero-order chi connectivity index (χ0) is 11.7. The lowest BCUT2D eigenvalue weighted by Crippen LogP contribution is -2.48. The largest absolute Gasteiger partial charge is 0.315 e. The van der Waals surface area contributed by atoms with Crippen LogP contribution in [0.4, 0.5) is 0 Å². The molecule has 0 spiro atoms. The van der Waals surface area contributed by atoms with Gasteiger partial charge in [-0.05, 0) is 44.6 Å². The van der Waals surface area contributed by atoms with Crippen LogP contribution in [0.5, 0.6) is 0 Å². The number of hydrogen-bond acceptors (Lipinski definition) is 2. The highest BCUT2D eigenvalue weighted by molar-refractivity contribution is 4.95. The van der Waals surface area contributed by atoms with Crippen molar-refractivity contribution in [2.75, 3.05) is 20.1 Å². The van der Waals surface area contributed by atoms with Gasteiger partial charge in [-0.15, -0.1) is 0 Å². The van der Waals surface area contributed by atoms with Crippen molar-refractivity contribution in [3.8, 4) is 0 Å². The molecule has 0 aromatic rings. The number of hydrogen-bond donors (Lipinski definition) is 1. The molecule has 0 bridgehead atoms. The Labute approximate surface area is 106 Å². The van der Waals surface area contributed by atoms with Crippen LogP contribution in [-0.4, -0.2) is 37.1 Å². The fraction of sp³-hybridized carbons (Fsp3) is 1.00. The second-order valence-corrected chi connectivity index (χ2v) is 6.51. The van der Waals surface area contributed by atoms with Gasteiger partial charge in [-0.3, -0.25) is 4.90 Å². The van der Waals surface area contributed by atoms with E-state index in [0.717, 1.165) is 23.9 Å². The average Bonchev–Trinajstić information content (AvgIpc) is 2.83. The zero-order valence-corrected chi connectivity index (χ0v) is 11.3. The van der Waals surface area contributed by atoms with E-state index in [9.17, 15) is 0 Å². The van der Waals surface area contributed by atoms with E-state index in [0.29, 0.717) is 0 Å². The van der Waals surface area contributed by atoms with Gasteiger partial charge in [0.05, 0.1) is 0 Å². The highest BCUT2D eigenvalue weighted by Gasteiger charge is 2.40. The first-order chi connectivity index (χ1) is 8.38. The van der Waals surface area contributed by atoms with E-state index in [2.05, 4.69) is 17.3 Å². The second kappa shape index (κ2) is 5.27. The summed E-state index contributed by atoms with van der Waals surface area (Å²) in [5, 5.41) is 3.59. The monoisotopic (exact) mass is 236 g/mol. The number of rotatable bonds is 2. The SMILES string of the molecule is CNC1CCCCCC1N1CC2CCCC2C1. The highest BCUT2D eigenvalue weighted by atomic mass is 15.2. The molecule has 0 aromatic heterocycles. The predicted molar refractivity (Wildman–Crippen MR) is 72.1 cm³/mol. The van der Waals surface area contributed by atoms with E-state index in [-0.39, 0.29) is 0 Å². The first-order valence-electron chi connectivity index (χ1n) is 7.80. The molecular formula is C15H28N2. The van der Waals surface area contributed by atoms with Gasteiger partial charge >= 0.3 is 0 Å². The summed E-state index contributed by atoms with van der Waals surface area (Å²) in [7, 11) is 2.17. The molecule has 3 rings (SSSR count). The Morgan fingerprint density at radius 1 is 0.824 bits per heavy atom. The van der Waals surface area contributed by atoms with Gasteiger partial charge in [0.25, 0.3) is 0 Å². The van der Waals surface area contributed by atoms with Crippen molar-refractivity contribution in [3.63, 3.8) is 0 Å². The summed E-state index contributed by atoms with van der Waals surface area (Å²) in [5.74, 6) is 2.10. The molecule has 98 valence electrons. The molecule has 2 aliphatic carbocycles. The third-order valence-electron chi connectivity index (χ3n) is 5.57. The molecule has 2 nitrogen and oxygen atoms in total. The van der Waals surface area contributed by atoms with Crippen molar-refractivity contribution in [3.05, 3.63) is 0 Å². The van der Waals surface area contributed by atoms with Gasteiger partial charge in [0.2, 0.25) is 0 Å². The molecule has 0 aromatic carbocycles. The molecular weight excluding hydrogens is 208 g/mol. The van der Waals surface area contributed by atoms with Gasteiger partial charge in [-0.1, -0.05) is 25.7 Å². The Hall–Kier alpha value is -0.0800. The molecule has 2 saturated carbocycles. The number of likely N-dealkylation sites (tertiary alicyclic amines) is 1. The molecule has 1 aliphatic heterocycles. The molecule has 3 fully saturated rings. The molecule has 3 aliphatic rings. The minimum atomic E-state index is 0.760. The van der Waals surface area contributed by atoms with Crippen LogP contribution >= 0.6 is 0 Å². The molecule has 1 heterocycles. The van der Waals surface area contributed by atoms with E-state index in [1.54, 1.807) is 0 Å². The molecule has 1 saturated heterocycles. The van der Waals surface area contributed by atoms with E-state index >= 15 is 0 Å². The normalized spacial score (nSPS) is 43.6. The smallest absolute Gasteiger partial charge is 0.0249 e. The van der Waals surface area contributed by atoms with Crippen molar-refractivity contribution in [2.24, 2.45) is 11.8 Å². The Kier molecular flexibility index (Phi) is 3.72. The van der Waals surface area contributed by atoms with E-state index in [1.165, 1.54) is 64.5 Å². The van der Waals surface area contributed by atoms with Crippen LogP contribution in [0.25, 0.3) is 0 Å². The lowest BCUT2D eigenvalue weighted by molar-refractivity contribution is 0.173. The van der Waals surface area contributed by atoms with Crippen molar-refractivity contribution in [1.82, 2.24) is 10.2 Å². The van der Waals surface area contributed by atoms with Gasteiger partial charge in [0, 0.05) is 25.2 Å². The van der Waals surface area contributed by atoms with Gasteiger partial charge in [-0.25, -0.2) is 0 Å². The van der Waals surface area contributed by atoms with Gasteiger partial charge < -0.3 is 5.32 Å². The topological polar surface area (TPSA) is 15.3 Å². The first kappa shape index (κ1) is 12.0. The summed E-state index contributed by atoms with van der Waals surface area (Å²) >= 11 is 0. The minimum Gasteiger partial charge on any atom is -0.315 e. The van der Waals surface area contributed by atoms with Gasteiger partial charge in [-0.2, -0.15) is 0 Å². The predicted octanol–water partition coefficient (Wildman–Crippen LogP) is 2.64. The quantitative estimate of drug-likeness (QED) is 0.742. The molecule has 0 amide bonds. The Balaban J connectivity index is 1.65. The summed E-state index contributed by atoms with van der Waals surface area (Å²) in [6.07, 6.45) is 11.7. The summed E-state index contributed by atoms with van der Waals surface area (Å²) in [4.78, 5) is 2.85. The number of likely N-dealkylation sites (N-methyl/N-ethyl adjacent to an activating group) is 1. The third-order valence-corrected chi connectivity index (χ3v) is 5.57. The third kappa shape index (κ3) is 2.39. The van der Waals surface area contributed by atoms with Crippen LogP contribution in [0.1, 0.15) is 51.4 Å². The van der Waals surface area contributed by atoms with Gasteiger partial charge in [0.1, 0.15) is 0 Å². The van der Waals surface area contributed by atoms with E-state index in [4.69, 9.17) is 0 Å². The van der Waals surface area contributed by atoms with Crippen LogP contribution in [0.2, 0.25) is 0 Å². The summed E-state index contributed by atoms with van der Waals surface area (Å²) in [6, 6.07) is 1.60. The highest BCUT2D eigenvalue weighted by Crippen LogP contribution is 2.39. The first-order valence-corrected chi connectivity index (χ1v) is 7.80. The van der Waals surface area contributed by atoms with Gasteiger partial charge in [0.15, 0.2) is 0 Å². The average molecular weight is 236 g/mol. The maximum absolute atomic E-state index is 3.59. The maximum Gasteiger partial charge on any atom is 0.0249 e. The molecule has 17 heavy (non-hydrogen) atoms. The van der Waals surface area contributed by atoms with Crippen molar-refractivity contribution < 1.29 is 0 Å².